The van der Waals surface area contributed by atoms with E-state index in [1.165, 1.54) is 0 Å². The number of benzene rings is 3. The van der Waals surface area contributed by atoms with Crippen LogP contribution in [-0.4, -0.2) is 38.1 Å². The molecule has 0 saturated heterocycles. The summed E-state index contributed by atoms with van der Waals surface area (Å²) in [4.78, 5) is 0. The van der Waals surface area contributed by atoms with Crippen LogP contribution >= 0.6 is 24.8 Å². The van der Waals surface area contributed by atoms with E-state index < -0.39 is 0 Å². The van der Waals surface area contributed by atoms with Crippen molar-refractivity contribution in [2.75, 3.05) is 26.4 Å². The van der Waals surface area contributed by atoms with Gasteiger partial charge >= 0.3 is 0 Å². The van der Waals surface area contributed by atoms with Crippen LogP contribution in [-0.2, 0) is 0 Å². The minimum atomic E-state index is 0. The molecule has 0 saturated carbocycles. The van der Waals surface area contributed by atoms with E-state index in [9.17, 15) is 0 Å². The number of hydrogen-bond donors (Lipinski definition) is 4. The van der Waals surface area contributed by atoms with Gasteiger partial charge in [0.25, 0.3) is 0 Å². The van der Waals surface area contributed by atoms with Gasteiger partial charge in [-0.1, -0.05) is 6.07 Å². The molecule has 34 heavy (non-hydrogen) atoms. The fraction of sp³-hybridized carbons (Fsp3) is 0.167. The van der Waals surface area contributed by atoms with E-state index in [2.05, 4.69) is 0 Å². The molecule has 0 spiro atoms. The van der Waals surface area contributed by atoms with Crippen LogP contribution in [0.15, 0.2) is 72.8 Å². The molecule has 0 aliphatic heterocycles. The van der Waals surface area contributed by atoms with Gasteiger partial charge in [0.05, 0.1) is 0 Å². The van der Waals surface area contributed by atoms with Crippen molar-refractivity contribution in [3.05, 3.63) is 83.9 Å². The largest absolute Gasteiger partial charge is 0.490 e. The highest BCUT2D eigenvalue weighted by Gasteiger charge is 2.02. The summed E-state index contributed by atoms with van der Waals surface area (Å²) in [5.41, 5.74) is 12.2. The molecular weight excluding hydrogens is 479 g/mol. The normalized spacial score (nSPS) is 9.65. The molecule has 0 bridgehead atoms. The molecule has 0 aliphatic carbocycles. The predicted molar refractivity (Wildman–Crippen MR) is 138 cm³/mol. The molecule has 182 valence electrons. The van der Waals surface area contributed by atoms with Crippen LogP contribution in [0.1, 0.15) is 11.1 Å². The molecule has 3 aromatic rings. The Morgan fingerprint density at radius 3 is 1.18 bits per heavy atom. The fourth-order valence-corrected chi connectivity index (χ4v) is 2.75. The number of nitrogens with two attached hydrogens (primary N) is 2. The zero-order valence-corrected chi connectivity index (χ0v) is 20.0. The lowest BCUT2D eigenvalue weighted by atomic mass is 10.2. The van der Waals surface area contributed by atoms with Crippen molar-refractivity contribution in [1.82, 2.24) is 0 Å². The van der Waals surface area contributed by atoms with E-state index in [0.717, 1.165) is 0 Å². The summed E-state index contributed by atoms with van der Waals surface area (Å²) < 4.78 is 22.7. The van der Waals surface area contributed by atoms with E-state index in [0.29, 0.717) is 60.6 Å². The van der Waals surface area contributed by atoms with Gasteiger partial charge in [-0.05, 0) is 60.7 Å². The highest BCUT2D eigenvalue weighted by molar-refractivity contribution is 5.95. The lowest BCUT2D eigenvalue weighted by Gasteiger charge is -2.11. The van der Waals surface area contributed by atoms with Crippen LogP contribution in [0.4, 0.5) is 0 Å². The molecule has 0 fully saturated rings. The second-order valence-corrected chi connectivity index (χ2v) is 6.74. The molecule has 0 radical (unpaired) electrons. The topological polar surface area (TPSA) is 137 Å². The molecule has 0 amide bonds. The zero-order chi connectivity index (χ0) is 22.8. The third-order valence-corrected chi connectivity index (χ3v) is 4.38. The molecule has 0 unspecified atom stereocenters. The molecule has 0 atom stereocenters. The predicted octanol–water partition coefficient (Wildman–Crippen LogP) is 4.01. The first-order valence-electron chi connectivity index (χ1n) is 10.0. The number of ether oxygens (including phenoxy) is 4. The van der Waals surface area contributed by atoms with Gasteiger partial charge in [0.2, 0.25) is 0 Å². The maximum Gasteiger partial charge on any atom is 0.123 e. The van der Waals surface area contributed by atoms with E-state index >= 15 is 0 Å². The van der Waals surface area contributed by atoms with Gasteiger partial charge in [-0.3, -0.25) is 10.8 Å². The fourth-order valence-electron chi connectivity index (χ4n) is 2.75. The quantitative estimate of drug-likeness (QED) is 0.166. The number of hydrogen-bond acceptors (Lipinski definition) is 6. The third-order valence-electron chi connectivity index (χ3n) is 4.38. The molecule has 0 aliphatic rings. The Morgan fingerprint density at radius 2 is 0.853 bits per heavy atom. The minimum Gasteiger partial charge on any atom is -0.490 e. The minimum absolute atomic E-state index is 0. The Balaban J connectivity index is 0.00000289. The highest BCUT2D eigenvalue weighted by atomic mass is 35.5. The molecule has 0 aromatic heterocycles. The van der Waals surface area contributed by atoms with Gasteiger partial charge in [0, 0.05) is 17.2 Å². The standard InChI is InChI=1S/C24H26N4O4.2ClH/c25-23(26)17-4-8-19(9-5-17)29-12-14-31-21-2-1-3-22(16-21)32-15-13-30-20-10-6-18(7-11-20)24(27)28;;/h1-11,16H,12-15H2,(H3,25,26)(H3,27,28);2*1H. The second-order valence-electron chi connectivity index (χ2n) is 6.74. The van der Waals surface area contributed by atoms with E-state index in [1.807, 2.05) is 24.3 Å². The Labute approximate surface area is 211 Å². The van der Waals surface area contributed by atoms with Crippen molar-refractivity contribution in [2.24, 2.45) is 11.5 Å². The molecule has 3 aromatic carbocycles. The van der Waals surface area contributed by atoms with Crippen LogP contribution in [0.3, 0.4) is 0 Å². The lowest BCUT2D eigenvalue weighted by Crippen LogP contribution is -2.12. The van der Waals surface area contributed by atoms with Crippen molar-refractivity contribution in [1.29, 1.82) is 10.8 Å². The first kappa shape index (κ1) is 28.4. The summed E-state index contributed by atoms with van der Waals surface area (Å²) in [5, 5.41) is 14.8. The Morgan fingerprint density at radius 1 is 0.529 bits per heavy atom. The first-order valence-corrected chi connectivity index (χ1v) is 10.0. The van der Waals surface area contributed by atoms with E-state index in [1.54, 1.807) is 48.5 Å². The van der Waals surface area contributed by atoms with Gasteiger partial charge in [-0.2, -0.15) is 0 Å². The van der Waals surface area contributed by atoms with Crippen LogP contribution in [0.2, 0.25) is 0 Å². The summed E-state index contributed by atoms with van der Waals surface area (Å²) in [7, 11) is 0. The third kappa shape index (κ3) is 9.09. The second kappa shape index (κ2) is 14.5. The lowest BCUT2D eigenvalue weighted by molar-refractivity contribution is 0.210. The van der Waals surface area contributed by atoms with Crippen molar-refractivity contribution >= 4 is 36.5 Å². The molecule has 3 rings (SSSR count). The first-order chi connectivity index (χ1) is 15.5. The molecular formula is C24H28Cl2N4O4. The molecule has 0 heterocycles. The van der Waals surface area contributed by atoms with Gasteiger partial charge in [0.1, 0.15) is 61.1 Å². The highest BCUT2D eigenvalue weighted by Crippen LogP contribution is 2.20. The van der Waals surface area contributed by atoms with Gasteiger partial charge < -0.3 is 30.4 Å². The Hall–Kier alpha value is -3.62. The Bertz CT molecular complexity index is 967. The number of amidine groups is 2. The SMILES string of the molecule is Cl.Cl.N=C(N)c1ccc(OCCOc2cccc(OCCOc3ccc(C(=N)N)cc3)c2)cc1. The van der Waals surface area contributed by atoms with Crippen molar-refractivity contribution in [2.45, 2.75) is 0 Å². The van der Waals surface area contributed by atoms with Gasteiger partial charge in [-0.15, -0.1) is 24.8 Å². The van der Waals surface area contributed by atoms with E-state index in [-0.39, 0.29) is 36.5 Å². The van der Waals surface area contributed by atoms with E-state index in [4.69, 9.17) is 41.2 Å². The molecule has 6 N–H and O–H groups in total. The average molecular weight is 507 g/mol. The maximum absolute atomic E-state index is 7.39. The van der Waals surface area contributed by atoms with Crippen LogP contribution in [0, 0.1) is 10.8 Å². The monoisotopic (exact) mass is 506 g/mol. The van der Waals surface area contributed by atoms with Crippen LogP contribution in [0.25, 0.3) is 0 Å². The zero-order valence-electron chi connectivity index (χ0n) is 18.4. The van der Waals surface area contributed by atoms with Crippen molar-refractivity contribution in [3.63, 3.8) is 0 Å². The number of halogens is 2. The number of nitrogens with one attached hydrogen (secondary N) is 2. The number of rotatable bonds is 12. The summed E-state index contributed by atoms with van der Waals surface area (Å²) in [6.07, 6.45) is 0. The van der Waals surface area contributed by atoms with Crippen LogP contribution in [0.5, 0.6) is 23.0 Å². The van der Waals surface area contributed by atoms with Gasteiger partial charge in [0.15, 0.2) is 0 Å². The smallest absolute Gasteiger partial charge is 0.123 e. The van der Waals surface area contributed by atoms with Crippen molar-refractivity contribution in [3.8, 4) is 23.0 Å². The van der Waals surface area contributed by atoms with Gasteiger partial charge in [-0.25, -0.2) is 0 Å². The summed E-state index contributed by atoms with van der Waals surface area (Å²) in [6, 6.07) is 21.4. The Kier molecular flexibility index (Phi) is 12.1. The summed E-state index contributed by atoms with van der Waals surface area (Å²) in [5.74, 6) is 2.78. The molecule has 8 nitrogen and oxygen atoms in total. The summed E-state index contributed by atoms with van der Waals surface area (Å²) in [6.45, 7) is 1.50. The maximum atomic E-state index is 7.39. The summed E-state index contributed by atoms with van der Waals surface area (Å²) >= 11 is 0. The van der Waals surface area contributed by atoms with Crippen LogP contribution < -0.4 is 30.4 Å². The average Bonchev–Trinajstić information content (AvgIpc) is 2.80. The molecule has 10 heteroatoms. The van der Waals surface area contributed by atoms with Crippen molar-refractivity contribution < 1.29 is 18.9 Å². The number of nitrogen functional groups attached to an aromatic ring is 2.